The molecule has 1 aromatic heterocycles. The highest BCUT2D eigenvalue weighted by Crippen LogP contribution is 2.36. The fourth-order valence-corrected chi connectivity index (χ4v) is 6.31. The average molecular weight is 551 g/mol. The molecule has 2 aliphatic carbocycles. The van der Waals surface area contributed by atoms with E-state index >= 15 is 0 Å². The van der Waals surface area contributed by atoms with Gasteiger partial charge in [0.15, 0.2) is 0 Å². The van der Waals surface area contributed by atoms with Gasteiger partial charge in [-0.2, -0.15) is 18.4 Å². The molecule has 40 heavy (non-hydrogen) atoms. The number of aryl methyl sites for hydroxylation is 3. The number of anilines is 2. The Bertz CT molecular complexity index is 1370. The Labute approximate surface area is 234 Å². The van der Waals surface area contributed by atoms with Gasteiger partial charge < -0.3 is 14.3 Å². The van der Waals surface area contributed by atoms with E-state index < -0.39 is 11.7 Å². The normalized spacial score (nSPS) is 15.6. The summed E-state index contributed by atoms with van der Waals surface area (Å²) < 4.78 is 46.6. The van der Waals surface area contributed by atoms with Crippen molar-refractivity contribution >= 4 is 11.6 Å². The Hall–Kier alpha value is -3.47. The van der Waals surface area contributed by atoms with Gasteiger partial charge in [-0.15, -0.1) is 0 Å². The number of hydrogen-bond donors (Lipinski definition) is 0. The quantitative estimate of drug-likeness (QED) is 0.270. The van der Waals surface area contributed by atoms with E-state index in [9.17, 15) is 18.4 Å². The minimum atomic E-state index is -4.54. The van der Waals surface area contributed by atoms with Gasteiger partial charge in [0.2, 0.25) is 5.88 Å². The Morgan fingerprint density at radius 1 is 0.950 bits per heavy atom. The lowest BCUT2D eigenvalue weighted by molar-refractivity contribution is -0.137. The maximum Gasteiger partial charge on any atom is 0.416 e. The predicted octanol–water partition coefficient (Wildman–Crippen LogP) is 7.98. The smallest absolute Gasteiger partial charge is 0.371 e. The zero-order valence-electron chi connectivity index (χ0n) is 23.4. The maximum absolute atomic E-state index is 13.6. The number of nitriles is 1. The van der Waals surface area contributed by atoms with Crippen LogP contribution in [0.25, 0.3) is 0 Å². The van der Waals surface area contributed by atoms with Crippen LogP contribution < -0.4 is 9.80 Å². The van der Waals surface area contributed by atoms with E-state index in [4.69, 9.17) is 4.52 Å². The lowest BCUT2D eigenvalue weighted by Crippen LogP contribution is -2.32. The highest BCUT2D eigenvalue weighted by Gasteiger charge is 2.32. The first-order valence-electron chi connectivity index (χ1n) is 14.4. The lowest BCUT2D eigenvalue weighted by Gasteiger charge is -2.33. The third-order valence-corrected chi connectivity index (χ3v) is 8.33. The Morgan fingerprint density at radius 2 is 1.70 bits per heavy atom. The van der Waals surface area contributed by atoms with Crippen molar-refractivity contribution in [3.05, 3.63) is 75.5 Å². The molecular formula is C32H37F3N4O. The van der Waals surface area contributed by atoms with Crippen LogP contribution in [0.1, 0.15) is 84.5 Å². The topological polar surface area (TPSA) is 56.3 Å². The molecule has 0 N–H and O–H groups in total. The van der Waals surface area contributed by atoms with E-state index in [-0.39, 0.29) is 12.1 Å². The molecule has 0 radical (unpaired) electrons. The fraction of sp³-hybridized carbons (Fsp3) is 0.500. The molecule has 8 heteroatoms. The van der Waals surface area contributed by atoms with Crippen molar-refractivity contribution in [3.8, 4) is 6.07 Å². The Balaban J connectivity index is 1.51. The molecule has 0 bridgehead atoms. The summed E-state index contributed by atoms with van der Waals surface area (Å²) >= 11 is 0. The van der Waals surface area contributed by atoms with Gasteiger partial charge in [0, 0.05) is 37.9 Å². The van der Waals surface area contributed by atoms with Gasteiger partial charge in [-0.05, 0) is 98.4 Å². The van der Waals surface area contributed by atoms with Crippen LogP contribution in [0.15, 0.2) is 40.9 Å². The molecule has 2 aromatic carbocycles. The minimum absolute atomic E-state index is 0.0126. The molecule has 1 heterocycles. The Kier molecular flexibility index (Phi) is 8.39. The summed E-state index contributed by atoms with van der Waals surface area (Å²) in [5.41, 5.74) is 5.36. The molecule has 0 saturated heterocycles. The van der Waals surface area contributed by atoms with E-state index in [1.165, 1.54) is 55.0 Å². The van der Waals surface area contributed by atoms with Crippen LogP contribution >= 0.6 is 0 Å². The van der Waals surface area contributed by atoms with Crippen LogP contribution in [0.3, 0.4) is 0 Å². The van der Waals surface area contributed by atoms with Crippen LogP contribution in [-0.4, -0.2) is 18.2 Å². The summed E-state index contributed by atoms with van der Waals surface area (Å²) in [7, 11) is 0. The van der Waals surface area contributed by atoms with E-state index in [1.54, 1.807) is 0 Å². The SMILES string of the molecule is CCN(CC1CCCCC1)c1cc2c(cc1CN(Cc1cc(C#N)cc(C(F)(F)F)c1)c1cc(C)no1)CCC2. The molecule has 1 saturated carbocycles. The summed E-state index contributed by atoms with van der Waals surface area (Å²) in [6.07, 6.45) is 5.14. The number of benzene rings is 2. The molecule has 0 spiro atoms. The predicted molar refractivity (Wildman–Crippen MR) is 150 cm³/mol. The van der Waals surface area contributed by atoms with Crippen LogP contribution in [-0.2, 0) is 32.1 Å². The summed E-state index contributed by atoms with van der Waals surface area (Å²) in [4.78, 5) is 4.43. The van der Waals surface area contributed by atoms with Gasteiger partial charge >= 0.3 is 6.18 Å². The monoisotopic (exact) mass is 550 g/mol. The highest BCUT2D eigenvalue weighted by molar-refractivity contribution is 5.60. The molecule has 212 valence electrons. The van der Waals surface area contributed by atoms with Gasteiger partial charge in [0.05, 0.1) is 22.9 Å². The van der Waals surface area contributed by atoms with E-state index in [0.717, 1.165) is 50.0 Å². The first kappa shape index (κ1) is 28.1. The second-order valence-electron chi connectivity index (χ2n) is 11.3. The van der Waals surface area contributed by atoms with Crippen molar-refractivity contribution in [3.63, 3.8) is 0 Å². The minimum Gasteiger partial charge on any atom is -0.371 e. The number of rotatable bonds is 9. The largest absolute Gasteiger partial charge is 0.416 e. The van der Waals surface area contributed by atoms with Crippen molar-refractivity contribution in [2.24, 2.45) is 5.92 Å². The molecule has 0 aliphatic heterocycles. The molecule has 5 nitrogen and oxygen atoms in total. The summed E-state index contributed by atoms with van der Waals surface area (Å²) in [6.45, 7) is 6.54. The van der Waals surface area contributed by atoms with E-state index in [1.807, 2.05) is 24.0 Å². The fourth-order valence-electron chi connectivity index (χ4n) is 6.31. The van der Waals surface area contributed by atoms with Gasteiger partial charge in [-0.25, -0.2) is 0 Å². The molecule has 1 fully saturated rings. The van der Waals surface area contributed by atoms with E-state index in [2.05, 4.69) is 29.1 Å². The van der Waals surface area contributed by atoms with Crippen molar-refractivity contribution in [1.82, 2.24) is 5.16 Å². The second-order valence-corrected chi connectivity index (χ2v) is 11.3. The van der Waals surface area contributed by atoms with Crippen LogP contribution in [0.2, 0.25) is 0 Å². The highest BCUT2D eigenvalue weighted by atomic mass is 19.4. The number of nitrogens with zero attached hydrogens (tertiary/aromatic N) is 4. The van der Waals surface area contributed by atoms with Crippen molar-refractivity contribution in [2.45, 2.75) is 84.5 Å². The van der Waals surface area contributed by atoms with Crippen molar-refractivity contribution in [1.29, 1.82) is 5.26 Å². The first-order chi connectivity index (χ1) is 19.2. The molecule has 3 aromatic rings. The molecule has 0 atom stereocenters. The number of alkyl halides is 3. The number of aromatic nitrogens is 1. The van der Waals surface area contributed by atoms with E-state index in [0.29, 0.717) is 29.6 Å². The molecule has 0 amide bonds. The standard InChI is InChI=1S/C32H37F3N4O/c1-3-38(19-23-8-5-4-6-9-23)30-17-27-11-7-10-26(27)16-28(30)21-39(31-12-22(2)37-40-31)20-25-13-24(18-36)14-29(15-25)32(33,34)35/h12-17,23H,3-11,19-21H2,1-2H3. The Morgan fingerprint density at radius 3 is 2.35 bits per heavy atom. The number of halogens is 3. The molecular weight excluding hydrogens is 513 g/mol. The first-order valence-corrected chi connectivity index (χ1v) is 14.4. The van der Waals surface area contributed by atoms with Gasteiger partial charge in [-0.3, -0.25) is 0 Å². The summed E-state index contributed by atoms with van der Waals surface area (Å²) in [6, 6.07) is 11.9. The average Bonchev–Trinajstić information content (AvgIpc) is 3.59. The zero-order valence-corrected chi connectivity index (χ0v) is 23.4. The van der Waals surface area contributed by atoms with Crippen LogP contribution in [0.5, 0.6) is 0 Å². The second kappa shape index (κ2) is 12.0. The van der Waals surface area contributed by atoms with Gasteiger partial charge in [0.1, 0.15) is 0 Å². The van der Waals surface area contributed by atoms with Crippen LogP contribution in [0, 0.1) is 24.2 Å². The number of fused-ring (bicyclic) bond motifs is 1. The molecule has 5 rings (SSSR count). The summed E-state index contributed by atoms with van der Waals surface area (Å²) in [5, 5.41) is 13.5. The lowest BCUT2D eigenvalue weighted by atomic mass is 9.88. The number of hydrogen-bond acceptors (Lipinski definition) is 5. The van der Waals surface area contributed by atoms with Crippen LogP contribution in [0.4, 0.5) is 24.7 Å². The van der Waals surface area contributed by atoms with Crippen molar-refractivity contribution in [2.75, 3.05) is 22.9 Å². The zero-order chi connectivity index (χ0) is 28.3. The van der Waals surface area contributed by atoms with Gasteiger partial charge in [0.25, 0.3) is 0 Å². The maximum atomic E-state index is 13.6. The summed E-state index contributed by atoms with van der Waals surface area (Å²) in [5.74, 6) is 1.17. The van der Waals surface area contributed by atoms with Crippen molar-refractivity contribution < 1.29 is 17.7 Å². The van der Waals surface area contributed by atoms with Gasteiger partial charge in [-0.1, -0.05) is 30.5 Å². The third kappa shape index (κ3) is 6.46. The third-order valence-electron chi connectivity index (χ3n) is 8.33. The molecule has 0 unspecified atom stereocenters. The molecule has 2 aliphatic rings.